The summed E-state index contributed by atoms with van der Waals surface area (Å²) in [5, 5.41) is 13.4. The van der Waals surface area contributed by atoms with Crippen LogP contribution in [0.15, 0.2) is 45.4 Å². The van der Waals surface area contributed by atoms with Gasteiger partial charge in [0.1, 0.15) is 11.6 Å². The lowest BCUT2D eigenvalue weighted by atomic mass is 10.1. The molecule has 0 unspecified atom stereocenters. The smallest absolute Gasteiger partial charge is 0.392 e. The number of thiophene rings is 1. The van der Waals surface area contributed by atoms with Crippen LogP contribution in [0.4, 0.5) is 18.9 Å². The first-order valence-electron chi connectivity index (χ1n) is 9.89. The number of alkyl halides is 3. The van der Waals surface area contributed by atoms with Crippen molar-refractivity contribution in [2.75, 3.05) is 18.1 Å². The zero-order valence-electron chi connectivity index (χ0n) is 17.9. The Balaban J connectivity index is 1.80. The van der Waals surface area contributed by atoms with Crippen LogP contribution in [-0.4, -0.2) is 29.2 Å². The fourth-order valence-electron chi connectivity index (χ4n) is 3.46. The van der Waals surface area contributed by atoms with Gasteiger partial charge in [-0.05, 0) is 57.5 Å². The highest BCUT2D eigenvalue weighted by Crippen LogP contribution is 2.38. The predicted molar refractivity (Wildman–Crippen MR) is 121 cm³/mol. The molecule has 0 amide bonds. The highest BCUT2D eigenvalue weighted by atomic mass is 32.2. The maximum Gasteiger partial charge on any atom is 0.416 e. The molecule has 0 N–H and O–H groups in total. The molecule has 0 bridgehead atoms. The monoisotopic (exact) mass is 478 g/mol. The minimum Gasteiger partial charge on any atom is -0.392 e. The summed E-state index contributed by atoms with van der Waals surface area (Å²) in [5.41, 5.74) is 2.62. The molecule has 0 saturated carbocycles. The molecule has 3 aromatic rings. The van der Waals surface area contributed by atoms with Gasteiger partial charge in [-0.1, -0.05) is 23.0 Å². The predicted octanol–water partition coefficient (Wildman–Crippen LogP) is 6.14. The van der Waals surface area contributed by atoms with Gasteiger partial charge in [0.25, 0.3) is 0 Å². The van der Waals surface area contributed by atoms with Crippen LogP contribution in [0.5, 0.6) is 0 Å². The Hall–Kier alpha value is -2.59. The number of benzene rings is 1. The number of aryl methyl sites for hydroxylation is 3. The summed E-state index contributed by atoms with van der Waals surface area (Å²) in [7, 11) is 0. The third kappa shape index (κ3) is 4.47. The molecule has 1 aliphatic rings. The average molecular weight is 479 g/mol. The molecule has 0 fully saturated rings. The van der Waals surface area contributed by atoms with Gasteiger partial charge in [-0.25, -0.2) is 0 Å². The Kier molecular flexibility index (Phi) is 6.17. The second-order valence-corrected chi connectivity index (χ2v) is 9.94. The molecule has 0 spiro atoms. The van der Waals surface area contributed by atoms with E-state index in [9.17, 15) is 13.2 Å². The molecule has 0 saturated heterocycles. The summed E-state index contributed by atoms with van der Waals surface area (Å²) in [6.07, 6.45) is -4.42. The number of hydrogen-bond acceptors (Lipinski definition) is 7. The number of rotatable bonds is 4. The largest absolute Gasteiger partial charge is 0.416 e. The van der Waals surface area contributed by atoms with Gasteiger partial charge >= 0.3 is 6.18 Å². The van der Waals surface area contributed by atoms with E-state index >= 15 is 0 Å². The van der Waals surface area contributed by atoms with E-state index in [0.29, 0.717) is 34.5 Å². The van der Waals surface area contributed by atoms with Crippen LogP contribution >= 0.6 is 23.1 Å². The summed E-state index contributed by atoms with van der Waals surface area (Å²) < 4.78 is 39.6. The zero-order chi connectivity index (χ0) is 23.0. The van der Waals surface area contributed by atoms with Gasteiger partial charge in [-0.3, -0.25) is 0 Å². The molecule has 0 aliphatic carbocycles. The summed E-state index contributed by atoms with van der Waals surface area (Å²) >= 11 is 2.83. The maximum atomic E-state index is 13.2. The minimum absolute atomic E-state index is 0.421. The van der Waals surface area contributed by atoms with E-state index in [1.807, 2.05) is 13.8 Å². The van der Waals surface area contributed by atoms with Gasteiger partial charge in [0.2, 0.25) is 0 Å². The second kappa shape index (κ2) is 8.74. The average Bonchev–Trinajstić information content (AvgIpc) is 3.08. The zero-order valence-corrected chi connectivity index (χ0v) is 19.6. The first kappa shape index (κ1) is 22.6. The summed E-state index contributed by atoms with van der Waals surface area (Å²) in [5.74, 6) is 0.585. The van der Waals surface area contributed by atoms with Crippen LogP contribution < -0.4 is 4.90 Å². The minimum atomic E-state index is -4.42. The quantitative estimate of drug-likeness (QED) is 0.451. The van der Waals surface area contributed by atoms with Crippen LogP contribution in [0.2, 0.25) is 0 Å². The van der Waals surface area contributed by atoms with E-state index in [4.69, 9.17) is 4.84 Å². The van der Waals surface area contributed by atoms with Crippen molar-refractivity contribution >= 4 is 34.6 Å². The molecule has 32 heavy (non-hydrogen) atoms. The molecule has 0 atom stereocenters. The Morgan fingerprint density at radius 1 is 1.09 bits per heavy atom. The molecular formula is C22H21F3N4OS2. The van der Waals surface area contributed by atoms with E-state index in [0.717, 1.165) is 45.7 Å². The van der Waals surface area contributed by atoms with Crippen molar-refractivity contribution in [1.29, 1.82) is 0 Å². The van der Waals surface area contributed by atoms with Gasteiger partial charge in [0.05, 0.1) is 29.1 Å². The van der Waals surface area contributed by atoms with Crippen LogP contribution in [0.25, 0.3) is 0 Å². The molecule has 168 valence electrons. The van der Waals surface area contributed by atoms with Gasteiger partial charge in [0, 0.05) is 14.6 Å². The van der Waals surface area contributed by atoms with Crippen molar-refractivity contribution in [3.63, 3.8) is 0 Å². The molecule has 1 aliphatic heterocycles. The molecule has 5 nitrogen and oxygen atoms in total. The standard InChI is InChI=1S/C22H21F3N4OS2/c1-12-10-18(15(4)31-12)29-8-9-30-28-20(29)19-13(2)14(3)26-27-21(19)32-17-7-5-6-16(11-17)22(23,24)25/h5-7,10-11H,8-9H2,1-4H3. The normalized spacial score (nSPS) is 14.3. The highest BCUT2D eigenvalue weighted by Gasteiger charge is 2.31. The number of anilines is 1. The van der Waals surface area contributed by atoms with Gasteiger partial charge < -0.3 is 9.74 Å². The summed E-state index contributed by atoms with van der Waals surface area (Å²) in [6.45, 7) is 8.91. The second-order valence-electron chi connectivity index (χ2n) is 7.42. The van der Waals surface area contributed by atoms with Gasteiger partial charge in [-0.15, -0.1) is 16.4 Å². The Bertz CT molecular complexity index is 1190. The molecular weight excluding hydrogens is 457 g/mol. The molecule has 10 heteroatoms. The third-order valence-corrected chi connectivity index (χ3v) is 7.06. The lowest BCUT2D eigenvalue weighted by molar-refractivity contribution is -0.137. The van der Waals surface area contributed by atoms with Crippen molar-refractivity contribution in [2.45, 2.75) is 43.8 Å². The van der Waals surface area contributed by atoms with Crippen molar-refractivity contribution in [3.8, 4) is 0 Å². The highest BCUT2D eigenvalue weighted by molar-refractivity contribution is 7.99. The fraction of sp³-hybridized carbons (Fsp3) is 0.318. The van der Waals surface area contributed by atoms with E-state index in [1.54, 1.807) is 17.4 Å². The Morgan fingerprint density at radius 3 is 2.56 bits per heavy atom. The van der Waals surface area contributed by atoms with Crippen molar-refractivity contribution in [3.05, 3.63) is 62.5 Å². The number of amidine groups is 1. The van der Waals surface area contributed by atoms with E-state index in [-0.39, 0.29) is 0 Å². The van der Waals surface area contributed by atoms with E-state index < -0.39 is 11.7 Å². The van der Waals surface area contributed by atoms with Gasteiger partial charge in [-0.2, -0.15) is 18.3 Å². The number of oxime groups is 1. The van der Waals surface area contributed by atoms with Crippen LogP contribution in [0.1, 0.15) is 32.1 Å². The lowest BCUT2D eigenvalue weighted by Gasteiger charge is -2.30. The maximum absolute atomic E-state index is 13.2. The van der Waals surface area contributed by atoms with Crippen molar-refractivity contribution in [1.82, 2.24) is 10.2 Å². The molecule has 3 heterocycles. The SMILES string of the molecule is Cc1cc(N2CCON=C2c2c(Sc3cccc(C(F)(F)F)c3)nnc(C)c2C)c(C)s1. The van der Waals surface area contributed by atoms with Crippen LogP contribution in [-0.2, 0) is 11.0 Å². The number of nitrogens with zero attached hydrogens (tertiary/aromatic N) is 4. The number of hydrogen-bond donors (Lipinski definition) is 0. The van der Waals surface area contributed by atoms with Gasteiger partial charge in [0.15, 0.2) is 5.84 Å². The van der Waals surface area contributed by atoms with Crippen molar-refractivity contribution < 1.29 is 18.0 Å². The molecule has 4 rings (SSSR count). The van der Waals surface area contributed by atoms with Crippen LogP contribution in [0.3, 0.4) is 0 Å². The summed E-state index contributed by atoms with van der Waals surface area (Å²) in [6, 6.07) is 7.31. The Morgan fingerprint density at radius 2 is 1.88 bits per heavy atom. The first-order chi connectivity index (χ1) is 15.1. The lowest BCUT2D eigenvalue weighted by Crippen LogP contribution is -2.39. The number of aromatic nitrogens is 2. The van der Waals surface area contributed by atoms with E-state index in [2.05, 4.69) is 40.2 Å². The fourth-order valence-corrected chi connectivity index (χ4v) is 5.37. The third-order valence-electron chi connectivity index (χ3n) is 5.14. The van der Waals surface area contributed by atoms with E-state index in [1.165, 1.54) is 10.9 Å². The first-order valence-corrected chi connectivity index (χ1v) is 11.5. The summed E-state index contributed by atoms with van der Waals surface area (Å²) in [4.78, 5) is 10.3. The Labute approximate surface area is 192 Å². The molecule has 1 aromatic carbocycles. The van der Waals surface area contributed by atoms with Crippen LogP contribution in [0, 0.1) is 27.7 Å². The molecule has 0 radical (unpaired) electrons. The van der Waals surface area contributed by atoms with Crippen molar-refractivity contribution in [2.24, 2.45) is 5.16 Å². The molecule has 2 aromatic heterocycles. The topological polar surface area (TPSA) is 50.6 Å². The number of halogens is 3.